The highest BCUT2D eigenvalue weighted by Crippen LogP contribution is 2.25. The van der Waals surface area contributed by atoms with Crippen LogP contribution in [0.25, 0.3) is 11.1 Å². The molecular formula is C14H15NO2S. The largest absolute Gasteiger partial charge is 0.465 e. The van der Waals surface area contributed by atoms with Gasteiger partial charge in [-0.05, 0) is 46.5 Å². The maximum absolute atomic E-state index is 11.1. The van der Waals surface area contributed by atoms with Gasteiger partial charge in [0, 0.05) is 12.2 Å². The van der Waals surface area contributed by atoms with Crippen molar-refractivity contribution in [3.63, 3.8) is 0 Å². The van der Waals surface area contributed by atoms with Gasteiger partial charge in [0.05, 0.1) is 0 Å². The molecule has 1 aromatic heterocycles. The lowest BCUT2D eigenvalue weighted by Gasteiger charge is -2.18. The van der Waals surface area contributed by atoms with E-state index in [1.165, 1.54) is 10.5 Å². The van der Waals surface area contributed by atoms with Crippen LogP contribution in [-0.2, 0) is 0 Å². The fourth-order valence-electron chi connectivity index (χ4n) is 1.82. The van der Waals surface area contributed by atoms with Crippen LogP contribution < -0.4 is 4.90 Å². The predicted octanol–water partition coefficient (Wildman–Crippen LogP) is 4.31. The van der Waals surface area contributed by atoms with E-state index in [9.17, 15) is 4.79 Å². The Labute approximate surface area is 110 Å². The summed E-state index contributed by atoms with van der Waals surface area (Å²) in [5.74, 6) is 0. The first-order chi connectivity index (χ1) is 8.72. The highest BCUT2D eigenvalue weighted by molar-refractivity contribution is 7.08. The number of hydrogen-bond acceptors (Lipinski definition) is 2. The third-order valence-corrected chi connectivity index (χ3v) is 3.39. The van der Waals surface area contributed by atoms with Gasteiger partial charge in [-0.3, -0.25) is 4.90 Å². The highest BCUT2D eigenvalue weighted by atomic mass is 32.1. The van der Waals surface area contributed by atoms with Gasteiger partial charge in [-0.2, -0.15) is 11.3 Å². The molecule has 0 aliphatic rings. The molecule has 0 saturated heterocycles. The van der Waals surface area contributed by atoms with Gasteiger partial charge in [0.25, 0.3) is 0 Å². The van der Waals surface area contributed by atoms with Crippen molar-refractivity contribution in [2.24, 2.45) is 0 Å². The Bertz CT molecular complexity index is 505. The molecule has 3 nitrogen and oxygen atoms in total. The Morgan fingerprint density at radius 2 is 1.94 bits per heavy atom. The van der Waals surface area contributed by atoms with Crippen molar-refractivity contribution in [1.82, 2.24) is 0 Å². The van der Waals surface area contributed by atoms with Crippen molar-refractivity contribution in [3.8, 4) is 11.1 Å². The molecule has 0 bridgehead atoms. The van der Waals surface area contributed by atoms with Gasteiger partial charge in [0.15, 0.2) is 0 Å². The molecule has 1 heterocycles. The zero-order chi connectivity index (χ0) is 13.0. The van der Waals surface area contributed by atoms with E-state index in [0.29, 0.717) is 6.54 Å². The van der Waals surface area contributed by atoms with Crippen molar-refractivity contribution in [3.05, 3.63) is 41.1 Å². The molecule has 1 amide bonds. The van der Waals surface area contributed by atoms with Gasteiger partial charge in [-0.25, -0.2) is 4.79 Å². The zero-order valence-corrected chi connectivity index (χ0v) is 11.0. The summed E-state index contributed by atoms with van der Waals surface area (Å²) < 4.78 is 0. The SMILES string of the molecule is CCCN(C(=O)O)c1ccc(-c2ccsc2)cc1. The van der Waals surface area contributed by atoms with Crippen molar-refractivity contribution in [2.75, 3.05) is 11.4 Å². The molecule has 1 N–H and O–H groups in total. The second-order valence-electron chi connectivity index (χ2n) is 3.99. The van der Waals surface area contributed by atoms with Crippen LogP contribution in [0.15, 0.2) is 41.1 Å². The first kappa shape index (κ1) is 12.6. The van der Waals surface area contributed by atoms with Crippen molar-refractivity contribution < 1.29 is 9.90 Å². The van der Waals surface area contributed by atoms with Crippen LogP contribution in [0.2, 0.25) is 0 Å². The summed E-state index contributed by atoms with van der Waals surface area (Å²) in [6.45, 7) is 2.49. The third kappa shape index (κ3) is 2.71. The summed E-state index contributed by atoms with van der Waals surface area (Å²) in [4.78, 5) is 12.5. The molecule has 18 heavy (non-hydrogen) atoms. The minimum absolute atomic E-state index is 0.521. The van der Waals surface area contributed by atoms with E-state index in [2.05, 4.69) is 11.4 Å². The topological polar surface area (TPSA) is 40.5 Å². The Hall–Kier alpha value is -1.81. The van der Waals surface area contributed by atoms with E-state index >= 15 is 0 Å². The van der Waals surface area contributed by atoms with Crippen molar-refractivity contribution in [1.29, 1.82) is 0 Å². The Balaban J connectivity index is 2.23. The van der Waals surface area contributed by atoms with Crippen LogP contribution in [0.3, 0.4) is 0 Å². The summed E-state index contributed by atoms with van der Waals surface area (Å²) in [6.07, 6.45) is -0.0985. The standard InChI is InChI=1S/C14H15NO2S/c1-2-8-15(14(16)17)13-5-3-11(4-6-13)12-7-9-18-10-12/h3-7,9-10H,2,8H2,1H3,(H,16,17). The maximum atomic E-state index is 11.1. The number of anilines is 1. The molecule has 2 rings (SSSR count). The summed E-state index contributed by atoms with van der Waals surface area (Å²) in [5, 5.41) is 13.2. The minimum Gasteiger partial charge on any atom is -0.465 e. The van der Waals surface area contributed by atoms with Crippen molar-refractivity contribution >= 4 is 23.1 Å². The molecule has 0 aliphatic carbocycles. The van der Waals surface area contributed by atoms with Crippen LogP contribution in [0.1, 0.15) is 13.3 Å². The second kappa shape index (κ2) is 5.69. The molecule has 0 radical (unpaired) electrons. The number of carbonyl (C=O) groups is 1. The van der Waals surface area contributed by atoms with Crippen LogP contribution in [-0.4, -0.2) is 17.7 Å². The fourth-order valence-corrected chi connectivity index (χ4v) is 2.49. The smallest absolute Gasteiger partial charge is 0.411 e. The Morgan fingerprint density at radius 3 is 2.44 bits per heavy atom. The van der Waals surface area contributed by atoms with E-state index in [4.69, 9.17) is 5.11 Å². The van der Waals surface area contributed by atoms with E-state index in [-0.39, 0.29) is 0 Å². The van der Waals surface area contributed by atoms with E-state index in [0.717, 1.165) is 17.7 Å². The van der Waals surface area contributed by atoms with Gasteiger partial charge in [0.1, 0.15) is 0 Å². The lowest BCUT2D eigenvalue weighted by molar-refractivity contribution is 0.202. The fraction of sp³-hybridized carbons (Fsp3) is 0.214. The van der Waals surface area contributed by atoms with E-state index in [1.54, 1.807) is 11.3 Å². The minimum atomic E-state index is -0.903. The van der Waals surface area contributed by atoms with Gasteiger partial charge in [-0.1, -0.05) is 19.1 Å². The van der Waals surface area contributed by atoms with Crippen LogP contribution in [0.5, 0.6) is 0 Å². The third-order valence-electron chi connectivity index (χ3n) is 2.71. The zero-order valence-electron chi connectivity index (χ0n) is 10.2. The number of rotatable bonds is 4. The van der Waals surface area contributed by atoms with Gasteiger partial charge in [-0.15, -0.1) is 0 Å². The molecule has 2 aromatic rings. The lowest BCUT2D eigenvalue weighted by atomic mass is 10.1. The van der Waals surface area contributed by atoms with Gasteiger partial charge in [0.2, 0.25) is 0 Å². The maximum Gasteiger partial charge on any atom is 0.411 e. The molecule has 94 valence electrons. The number of thiophene rings is 1. The molecule has 0 spiro atoms. The quantitative estimate of drug-likeness (QED) is 0.891. The number of carboxylic acid groups (broad SMARTS) is 1. The first-order valence-corrected chi connectivity index (χ1v) is 6.79. The number of nitrogens with zero attached hydrogens (tertiary/aromatic N) is 1. The van der Waals surface area contributed by atoms with Gasteiger partial charge < -0.3 is 5.11 Å². The molecule has 0 atom stereocenters. The predicted molar refractivity (Wildman–Crippen MR) is 75.4 cm³/mol. The molecule has 1 aromatic carbocycles. The first-order valence-electron chi connectivity index (χ1n) is 5.85. The monoisotopic (exact) mass is 261 g/mol. The average Bonchev–Trinajstić information content (AvgIpc) is 2.90. The van der Waals surface area contributed by atoms with Crippen LogP contribution in [0.4, 0.5) is 10.5 Å². The summed E-state index contributed by atoms with van der Waals surface area (Å²) in [6, 6.07) is 9.69. The molecule has 0 unspecified atom stereocenters. The summed E-state index contributed by atoms with van der Waals surface area (Å²) in [5.41, 5.74) is 3.01. The molecule has 0 fully saturated rings. The van der Waals surface area contributed by atoms with Crippen LogP contribution in [0, 0.1) is 0 Å². The second-order valence-corrected chi connectivity index (χ2v) is 4.77. The number of amides is 1. The molecule has 0 aliphatic heterocycles. The van der Waals surface area contributed by atoms with Crippen molar-refractivity contribution in [2.45, 2.75) is 13.3 Å². The van der Waals surface area contributed by atoms with E-state index in [1.807, 2.05) is 36.6 Å². The van der Waals surface area contributed by atoms with Crippen LogP contribution >= 0.6 is 11.3 Å². The van der Waals surface area contributed by atoms with Gasteiger partial charge >= 0.3 is 6.09 Å². The summed E-state index contributed by atoms with van der Waals surface area (Å²) >= 11 is 1.65. The molecular weight excluding hydrogens is 246 g/mol. The van der Waals surface area contributed by atoms with E-state index < -0.39 is 6.09 Å². The summed E-state index contributed by atoms with van der Waals surface area (Å²) in [7, 11) is 0. The molecule has 0 saturated carbocycles. The number of benzene rings is 1. The normalized spacial score (nSPS) is 10.3. The Morgan fingerprint density at radius 1 is 1.22 bits per heavy atom. The number of hydrogen-bond donors (Lipinski definition) is 1. The Kier molecular flexibility index (Phi) is 3.99. The lowest BCUT2D eigenvalue weighted by Crippen LogP contribution is -2.29. The average molecular weight is 261 g/mol. The molecule has 4 heteroatoms. The highest BCUT2D eigenvalue weighted by Gasteiger charge is 2.12.